The van der Waals surface area contributed by atoms with Gasteiger partial charge in [-0.3, -0.25) is 10.1 Å². The van der Waals surface area contributed by atoms with Crippen molar-refractivity contribution in [2.45, 2.75) is 13.8 Å². The van der Waals surface area contributed by atoms with E-state index in [4.69, 9.17) is 4.74 Å². The fourth-order valence-electron chi connectivity index (χ4n) is 2.17. The molecule has 110 valence electrons. The molecule has 0 amide bonds. The fraction of sp³-hybridized carbons (Fsp3) is 0.267. The third kappa shape index (κ3) is 2.94. The number of nitrogens with one attached hydrogen (secondary N) is 1. The number of benzene rings is 1. The number of nitrogens with zero attached hydrogens (tertiary/aromatic N) is 2. The first-order chi connectivity index (χ1) is 9.96. The van der Waals surface area contributed by atoms with E-state index in [1.165, 1.54) is 12.1 Å². The Labute approximate surface area is 122 Å². The first kappa shape index (κ1) is 14.8. The zero-order valence-corrected chi connectivity index (χ0v) is 12.4. The number of aryl methyl sites for hydroxylation is 2. The van der Waals surface area contributed by atoms with Crippen molar-refractivity contribution in [1.29, 1.82) is 0 Å². The van der Waals surface area contributed by atoms with Gasteiger partial charge in [-0.25, -0.2) is 4.98 Å². The highest BCUT2D eigenvalue weighted by Gasteiger charge is 2.14. The number of rotatable bonds is 4. The van der Waals surface area contributed by atoms with Gasteiger partial charge in [-0.2, -0.15) is 0 Å². The van der Waals surface area contributed by atoms with Crippen molar-refractivity contribution in [3.63, 3.8) is 0 Å². The predicted molar refractivity (Wildman–Crippen MR) is 81.9 cm³/mol. The summed E-state index contributed by atoms with van der Waals surface area (Å²) in [6.45, 7) is 3.86. The molecule has 0 fully saturated rings. The number of pyridine rings is 1. The van der Waals surface area contributed by atoms with E-state index in [0.29, 0.717) is 11.5 Å². The minimum absolute atomic E-state index is 0.0113. The second-order valence-electron chi connectivity index (χ2n) is 4.74. The number of hydrogen-bond donors (Lipinski definition) is 1. The summed E-state index contributed by atoms with van der Waals surface area (Å²) in [5, 5.41) is 13.9. The molecule has 0 saturated heterocycles. The van der Waals surface area contributed by atoms with Gasteiger partial charge in [-0.05, 0) is 37.1 Å². The number of nitro groups is 1. The van der Waals surface area contributed by atoms with E-state index >= 15 is 0 Å². The van der Waals surface area contributed by atoms with Crippen LogP contribution in [0.4, 0.5) is 11.5 Å². The summed E-state index contributed by atoms with van der Waals surface area (Å²) in [6.07, 6.45) is 0. The lowest BCUT2D eigenvalue weighted by atomic mass is 10.0. The van der Waals surface area contributed by atoms with Crippen molar-refractivity contribution >= 4 is 11.5 Å². The molecular weight excluding hydrogens is 270 g/mol. The van der Waals surface area contributed by atoms with Crippen LogP contribution in [-0.2, 0) is 0 Å². The van der Waals surface area contributed by atoms with Gasteiger partial charge in [0.1, 0.15) is 11.6 Å². The lowest BCUT2D eigenvalue weighted by Gasteiger charge is -2.12. The summed E-state index contributed by atoms with van der Waals surface area (Å²) in [5.74, 6) is 1.25. The fourth-order valence-corrected chi connectivity index (χ4v) is 2.17. The van der Waals surface area contributed by atoms with Crippen molar-refractivity contribution in [3.8, 4) is 17.0 Å². The van der Waals surface area contributed by atoms with Crippen molar-refractivity contribution in [3.05, 3.63) is 45.5 Å². The van der Waals surface area contributed by atoms with Gasteiger partial charge in [0, 0.05) is 18.7 Å². The maximum atomic E-state index is 11.0. The largest absolute Gasteiger partial charge is 0.496 e. The molecule has 0 aliphatic rings. The Hall–Kier alpha value is -2.63. The number of ether oxygens (including phenoxy) is 1. The molecule has 1 aromatic carbocycles. The highest BCUT2D eigenvalue weighted by molar-refractivity contribution is 5.70. The highest BCUT2D eigenvalue weighted by atomic mass is 16.6. The second kappa shape index (κ2) is 5.78. The monoisotopic (exact) mass is 287 g/mol. The molecular formula is C15H17N3O3. The maximum absolute atomic E-state index is 11.0. The Kier molecular flexibility index (Phi) is 4.07. The van der Waals surface area contributed by atoms with Gasteiger partial charge in [0.15, 0.2) is 0 Å². The highest BCUT2D eigenvalue weighted by Crippen LogP contribution is 2.31. The van der Waals surface area contributed by atoms with Crippen LogP contribution >= 0.6 is 0 Å². The van der Waals surface area contributed by atoms with E-state index in [0.717, 1.165) is 22.4 Å². The SMILES string of the molecule is CNc1cc([N+](=O)[O-])cc(-c2cc(C)c(OC)cc2C)n1. The van der Waals surface area contributed by atoms with Crippen molar-refractivity contribution in [2.75, 3.05) is 19.5 Å². The van der Waals surface area contributed by atoms with Gasteiger partial charge in [0.25, 0.3) is 5.69 Å². The van der Waals surface area contributed by atoms with E-state index in [9.17, 15) is 10.1 Å². The van der Waals surface area contributed by atoms with Crippen molar-refractivity contribution < 1.29 is 9.66 Å². The van der Waals surface area contributed by atoms with Crippen LogP contribution in [0.1, 0.15) is 11.1 Å². The minimum Gasteiger partial charge on any atom is -0.496 e. The third-order valence-corrected chi connectivity index (χ3v) is 3.29. The predicted octanol–water partition coefficient (Wildman–Crippen LogP) is 3.32. The molecule has 0 saturated carbocycles. The number of methoxy groups -OCH3 is 1. The Morgan fingerprint density at radius 1 is 1.19 bits per heavy atom. The Morgan fingerprint density at radius 3 is 2.48 bits per heavy atom. The molecule has 1 heterocycles. The van der Waals surface area contributed by atoms with E-state index in [-0.39, 0.29) is 5.69 Å². The summed E-state index contributed by atoms with van der Waals surface area (Å²) in [7, 11) is 3.30. The van der Waals surface area contributed by atoms with E-state index in [1.54, 1.807) is 14.2 Å². The average Bonchev–Trinajstić information content (AvgIpc) is 2.48. The summed E-state index contributed by atoms with van der Waals surface area (Å²) >= 11 is 0. The zero-order chi connectivity index (χ0) is 15.6. The molecule has 6 heteroatoms. The molecule has 0 aliphatic carbocycles. The number of anilines is 1. The van der Waals surface area contributed by atoms with E-state index in [1.807, 2.05) is 26.0 Å². The van der Waals surface area contributed by atoms with Gasteiger partial charge in [0.2, 0.25) is 0 Å². The van der Waals surface area contributed by atoms with Gasteiger partial charge in [0.05, 0.1) is 23.8 Å². The summed E-state index contributed by atoms with van der Waals surface area (Å²) in [6, 6.07) is 6.73. The molecule has 1 N–H and O–H groups in total. The van der Waals surface area contributed by atoms with Crippen LogP contribution in [0.3, 0.4) is 0 Å². The van der Waals surface area contributed by atoms with Crippen molar-refractivity contribution in [2.24, 2.45) is 0 Å². The Balaban J connectivity index is 2.63. The smallest absolute Gasteiger partial charge is 0.275 e. The maximum Gasteiger partial charge on any atom is 0.275 e. The van der Waals surface area contributed by atoms with Gasteiger partial charge < -0.3 is 10.1 Å². The van der Waals surface area contributed by atoms with Gasteiger partial charge in [-0.15, -0.1) is 0 Å². The van der Waals surface area contributed by atoms with E-state index < -0.39 is 4.92 Å². The molecule has 6 nitrogen and oxygen atoms in total. The van der Waals surface area contributed by atoms with Gasteiger partial charge >= 0.3 is 0 Å². The molecule has 0 atom stereocenters. The van der Waals surface area contributed by atoms with E-state index in [2.05, 4.69) is 10.3 Å². The van der Waals surface area contributed by atoms with Crippen LogP contribution in [0.25, 0.3) is 11.3 Å². The second-order valence-corrected chi connectivity index (χ2v) is 4.74. The molecule has 0 spiro atoms. The standard InChI is InChI=1S/C15H17N3O3/c1-9-6-14(21-4)10(2)5-12(9)13-7-11(18(19)20)8-15(16-3)17-13/h5-8H,1-4H3,(H,16,17). The zero-order valence-electron chi connectivity index (χ0n) is 12.4. The quantitative estimate of drug-likeness (QED) is 0.689. The molecule has 0 bridgehead atoms. The van der Waals surface area contributed by atoms with Crippen LogP contribution in [0, 0.1) is 24.0 Å². The van der Waals surface area contributed by atoms with Crippen LogP contribution in [0.5, 0.6) is 5.75 Å². The molecule has 0 unspecified atom stereocenters. The van der Waals surface area contributed by atoms with Crippen LogP contribution in [0.2, 0.25) is 0 Å². The number of aromatic nitrogens is 1. The summed E-state index contributed by atoms with van der Waals surface area (Å²) < 4.78 is 5.28. The Bertz CT molecular complexity index is 699. The summed E-state index contributed by atoms with van der Waals surface area (Å²) in [5.41, 5.74) is 3.34. The molecule has 2 aromatic rings. The van der Waals surface area contributed by atoms with Crippen LogP contribution < -0.4 is 10.1 Å². The van der Waals surface area contributed by atoms with Gasteiger partial charge in [-0.1, -0.05) is 0 Å². The van der Waals surface area contributed by atoms with Crippen LogP contribution in [-0.4, -0.2) is 24.1 Å². The third-order valence-electron chi connectivity index (χ3n) is 3.29. The Morgan fingerprint density at radius 2 is 1.90 bits per heavy atom. The normalized spacial score (nSPS) is 10.3. The first-order valence-electron chi connectivity index (χ1n) is 6.46. The summed E-state index contributed by atoms with van der Waals surface area (Å²) in [4.78, 5) is 15.0. The first-order valence-corrected chi connectivity index (χ1v) is 6.46. The molecule has 0 radical (unpaired) electrons. The minimum atomic E-state index is -0.419. The molecule has 2 rings (SSSR count). The topological polar surface area (TPSA) is 77.3 Å². The number of hydrogen-bond acceptors (Lipinski definition) is 5. The molecule has 1 aromatic heterocycles. The lowest BCUT2D eigenvalue weighted by molar-refractivity contribution is -0.384. The van der Waals surface area contributed by atoms with Crippen LogP contribution in [0.15, 0.2) is 24.3 Å². The lowest BCUT2D eigenvalue weighted by Crippen LogP contribution is -1.99. The average molecular weight is 287 g/mol. The van der Waals surface area contributed by atoms with Crippen molar-refractivity contribution in [1.82, 2.24) is 4.98 Å². The molecule has 0 aliphatic heterocycles. The molecule has 21 heavy (non-hydrogen) atoms.